The average Bonchev–Trinajstić information content (AvgIpc) is 3.22. The highest BCUT2D eigenvalue weighted by molar-refractivity contribution is 5.87. The fourth-order valence-corrected chi connectivity index (χ4v) is 3.77. The number of para-hydroxylation sites is 1. The van der Waals surface area contributed by atoms with Crippen LogP contribution in [0.15, 0.2) is 63.2 Å². The summed E-state index contributed by atoms with van der Waals surface area (Å²) < 4.78 is 5.88. The summed E-state index contributed by atoms with van der Waals surface area (Å²) in [5, 5.41) is 11.7. The number of benzene rings is 2. The van der Waals surface area contributed by atoms with E-state index in [2.05, 4.69) is 15.0 Å². The summed E-state index contributed by atoms with van der Waals surface area (Å²) in [6.07, 6.45) is 3.10. The van der Waals surface area contributed by atoms with Gasteiger partial charge in [-0.25, -0.2) is 14.2 Å². The van der Waals surface area contributed by atoms with Gasteiger partial charge in [-0.15, -0.1) is 0 Å². The Kier molecular flexibility index (Phi) is 6.18. The second-order valence-corrected chi connectivity index (χ2v) is 7.98. The zero-order chi connectivity index (χ0) is 24.4. The number of aliphatic imine (C=N–C) groups is 1. The van der Waals surface area contributed by atoms with Crippen LogP contribution in [0.1, 0.15) is 22.3 Å². The van der Waals surface area contributed by atoms with Crippen LogP contribution in [0.5, 0.6) is 5.88 Å². The third-order valence-electron chi connectivity index (χ3n) is 5.81. The van der Waals surface area contributed by atoms with Crippen LogP contribution in [0.4, 0.5) is 0 Å². The van der Waals surface area contributed by atoms with Crippen LogP contribution in [0, 0.1) is 13.8 Å². The number of aryl methyl sites for hydroxylation is 2. The molecule has 9 heteroatoms. The lowest BCUT2D eigenvalue weighted by atomic mass is 10.1. The van der Waals surface area contributed by atoms with Gasteiger partial charge < -0.3 is 14.8 Å². The molecule has 0 spiro atoms. The van der Waals surface area contributed by atoms with E-state index in [1.165, 1.54) is 7.11 Å². The molecule has 0 radical (unpaired) electrons. The summed E-state index contributed by atoms with van der Waals surface area (Å²) in [4.78, 5) is 47.0. The number of nitrogens with zero attached hydrogens (tertiary/aromatic N) is 2. The van der Waals surface area contributed by atoms with Gasteiger partial charge in [0.2, 0.25) is 5.88 Å². The number of esters is 1. The molecule has 0 amide bonds. The summed E-state index contributed by atoms with van der Waals surface area (Å²) in [6, 6.07) is 11.9. The normalized spacial score (nSPS) is 12.3. The Morgan fingerprint density at radius 3 is 2.68 bits per heavy atom. The molecule has 2 aromatic heterocycles. The molecule has 0 bridgehead atoms. The SMILES string of the molecule is COC(=O)C(Cc1c[nH]c2ccccc12)N=Cc1c(O)n(-c2ccc(C)c(C)c2)c(=O)[nH]c1=O. The number of H-pyrrole nitrogens is 2. The van der Waals surface area contributed by atoms with E-state index in [1.54, 1.807) is 18.3 Å². The molecule has 0 saturated heterocycles. The van der Waals surface area contributed by atoms with Gasteiger partial charge in [0.15, 0.2) is 6.04 Å². The second kappa shape index (κ2) is 9.22. The smallest absolute Gasteiger partial charge is 0.335 e. The molecule has 174 valence electrons. The van der Waals surface area contributed by atoms with Gasteiger partial charge in [0.1, 0.15) is 5.56 Å². The third kappa shape index (κ3) is 4.27. The van der Waals surface area contributed by atoms with Gasteiger partial charge in [0.05, 0.1) is 12.8 Å². The van der Waals surface area contributed by atoms with Crippen molar-refractivity contribution in [2.75, 3.05) is 7.11 Å². The molecule has 4 aromatic rings. The minimum absolute atomic E-state index is 0.211. The lowest BCUT2D eigenvalue weighted by Crippen LogP contribution is -2.32. The number of nitrogens with one attached hydrogen (secondary N) is 2. The maximum absolute atomic E-state index is 12.5. The molecule has 4 rings (SSSR count). The first-order valence-corrected chi connectivity index (χ1v) is 10.6. The highest BCUT2D eigenvalue weighted by Crippen LogP contribution is 2.21. The van der Waals surface area contributed by atoms with Gasteiger partial charge in [-0.05, 0) is 48.7 Å². The number of aromatic hydroxyl groups is 1. The summed E-state index contributed by atoms with van der Waals surface area (Å²) in [5.74, 6) is -1.17. The van der Waals surface area contributed by atoms with Gasteiger partial charge in [-0.1, -0.05) is 24.3 Å². The van der Waals surface area contributed by atoms with Gasteiger partial charge in [0, 0.05) is 29.7 Å². The Bertz CT molecular complexity index is 1530. The predicted octanol–water partition coefficient (Wildman–Crippen LogP) is 2.53. The summed E-state index contributed by atoms with van der Waals surface area (Å²) in [5.41, 5.74) is 2.23. The zero-order valence-corrected chi connectivity index (χ0v) is 19.0. The first-order valence-electron chi connectivity index (χ1n) is 10.6. The van der Waals surface area contributed by atoms with Crippen molar-refractivity contribution < 1.29 is 14.6 Å². The standard InChI is InChI=1S/C25H24N4O5/c1-14-8-9-17(10-15(14)2)29-23(31)19(22(30)28-25(29)33)13-27-21(24(32)34-3)11-16-12-26-20-7-5-4-6-18(16)20/h4-10,12-13,21,26,31H,11H2,1-3H3,(H,28,30,33). The highest BCUT2D eigenvalue weighted by atomic mass is 16.5. The number of aromatic nitrogens is 3. The van der Waals surface area contributed by atoms with Crippen LogP contribution in [-0.2, 0) is 16.0 Å². The number of rotatable bonds is 6. The molecular weight excluding hydrogens is 436 g/mol. The predicted molar refractivity (Wildman–Crippen MR) is 129 cm³/mol. The molecule has 2 aromatic carbocycles. The molecule has 0 fully saturated rings. The maximum Gasteiger partial charge on any atom is 0.335 e. The average molecular weight is 460 g/mol. The Labute approximate surface area is 194 Å². The molecule has 34 heavy (non-hydrogen) atoms. The topological polar surface area (TPSA) is 130 Å². The third-order valence-corrected chi connectivity index (χ3v) is 5.81. The molecular formula is C25H24N4O5. The summed E-state index contributed by atoms with van der Waals surface area (Å²) in [6.45, 7) is 3.80. The van der Waals surface area contributed by atoms with Gasteiger partial charge in [0.25, 0.3) is 5.56 Å². The van der Waals surface area contributed by atoms with Crippen LogP contribution in [-0.4, -0.2) is 45.0 Å². The first kappa shape index (κ1) is 22.8. The van der Waals surface area contributed by atoms with Crippen LogP contribution >= 0.6 is 0 Å². The number of methoxy groups -OCH3 is 1. The molecule has 2 heterocycles. The maximum atomic E-state index is 12.5. The molecule has 3 N–H and O–H groups in total. The van der Waals surface area contributed by atoms with Gasteiger partial charge >= 0.3 is 11.7 Å². The van der Waals surface area contributed by atoms with E-state index in [9.17, 15) is 19.5 Å². The second-order valence-electron chi connectivity index (χ2n) is 7.98. The number of hydrogen-bond acceptors (Lipinski definition) is 6. The fraction of sp³-hybridized carbons (Fsp3) is 0.200. The molecule has 0 aliphatic rings. The number of carbonyl (C=O) groups excluding carboxylic acids is 1. The van der Waals surface area contributed by atoms with Crippen LogP contribution in [0.25, 0.3) is 16.6 Å². The largest absolute Gasteiger partial charge is 0.493 e. The van der Waals surface area contributed by atoms with Crippen molar-refractivity contribution in [3.8, 4) is 11.6 Å². The van der Waals surface area contributed by atoms with E-state index < -0.39 is 29.1 Å². The van der Waals surface area contributed by atoms with Gasteiger partial charge in [-0.3, -0.25) is 14.8 Å². The quantitative estimate of drug-likeness (QED) is 0.301. The Morgan fingerprint density at radius 1 is 1.18 bits per heavy atom. The minimum Gasteiger partial charge on any atom is -0.493 e. The summed E-state index contributed by atoms with van der Waals surface area (Å²) >= 11 is 0. The Hall–Kier alpha value is -4.40. The molecule has 1 unspecified atom stereocenters. The van der Waals surface area contributed by atoms with E-state index in [1.807, 2.05) is 44.2 Å². The van der Waals surface area contributed by atoms with Crippen LogP contribution in [0.2, 0.25) is 0 Å². The van der Waals surface area contributed by atoms with E-state index in [0.717, 1.165) is 38.4 Å². The van der Waals surface area contributed by atoms with Crippen molar-refractivity contribution in [3.63, 3.8) is 0 Å². The lowest BCUT2D eigenvalue weighted by Gasteiger charge is -2.12. The molecule has 1 atom stereocenters. The number of aromatic amines is 2. The van der Waals surface area contributed by atoms with Gasteiger partial charge in [-0.2, -0.15) is 0 Å². The zero-order valence-electron chi connectivity index (χ0n) is 19.0. The van der Waals surface area contributed by atoms with Crippen molar-refractivity contribution >= 4 is 23.1 Å². The van der Waals surface area contributed by atoms with E-state index in [0.29, 0.717) is 5.69 Å². The fourth-order valence-electron chi connectivity index (χ4n) is 3.77. The van der Waals surface area contributed by atoms with E-state index >= 15 is 0 Å². The van der Waals surface area contributed by atoms with Crippen LogP contribution in [0.3, 0.4) is 0 Å². The molecule has 0 aliphatic carbocycles. The Morgan fingerprint density at radius 2 is 1.94 bits per heavy atom. The molecule has 0 aliphatic heterocycles. The van der Waals surface area contributed by atoms with Crippen molar-refractivity contribution in [2.45, 2.75) is 26.3 Å². The van der Waals surface area contributed by atoms with Crippen molar-refractivity contribution in [3.05, 3.63) is 91.8 Å². The molecule has 9 nitrogen and oxygen atoms in total. The number of fused-ring (bicyclic) bond motifs is 1. The first-order chi connectivity index (χ1) is 16.3. The number of ether oxygens (including phenoxy) is 1. The van der Waals surface area contributed by atoms with Crippen LogP contribution < -0.4 is 11.2 Å². The summed E-state index contributed by atoms with van der Waals surface area (Å²) in [7, 11) is 1.25. The van der Waals surface area contributed by atoms with Crippen molar-refractivity contribution in [1.82, 2.24) is 14.5 Å². The highest BCUT2D eigenvalue weighted by Gasteiger charge is 2.21. The van der Waals surface area contributed by atoms with Crippen molar-refractivity contribution in [1.29, 1.82) is 0 Å². The lowest BCUT2D eigenvalue weighted by molar-refractivity contribution is -0.142. The number of hydrogen-bond donors (Lipinski definition) is 3. The monoisotopic (exact) mass is 460 g/mol. The van der Waals surface area contributed by atoms with Crippen molar-refractivity contribution in [2.24, 2.45) is 4.99 Å². The Balaban J connectivity index is 1.74. The molecule has 0 saturated carbocycles. The minimum atomic E-state index is -0.968. The van der Waals surface area contributed by atoms with E-state index in [4.69, 9.17) is 4.74 Å². The van der Waals surface area contributed by atoms with E-state index in [-0.39, 0.29) is 12.0 Å². The number of carbonyl (C=O) groups is 1.